The van der Waals surface area contributed by atoms with Crippen molar-refractivity contribution in [3.8, 4) is 17.5 Å². The highest BCUT2D eigenvalue weighted by Crippen LogP contribution is 2.19. The van der Waals surface area contributed by atoms with Gasteiger partial charge in [0.15, 0.2) is 5.57 Å². The molecule has 37 heavy (non-hydrogen) atoms. The van der Waals surface area contributed by atoms with E-state index < -0.39 is 5.91 Å². The lowest BCUT2D eigenvalue weighted by Gasteiger charge is -2.08. The molecule has 7 heteroatoms. The van der Waals surface area contributed by atoms with Crippen molar-refractivity contribution in [3.63, 3.8) is 0 Å². The van der Waals surface area contributed by atoms with E-state index in [0.717, 1.165) is 22.5 Å². The van der Waals surface area contributed by atoms with Crippen molar-refractivity contribution in [3.05, 3.63) is 122 Å². The van der Waals surface area contributed by atoms with Gasteiger partial charge >= 0.3 is 0 Å². The molecule has 3 aromatic carbocycles. The summed E-state index contributed by atoms with van der Waals surface area (Å²) < 4.78 is 7.80. The lowest BCUT2D eigenvalue weighted by molar-refractivity contribution is -0.111. The number of anilines is 1. The number of ether oxygens (including phenoxy) is 1. The number of rotatable bonds is 7. The number of para-hydroxylation sites is 2. The van der Waals surface area contributed by atoms with Gasteiger partial charge in [-0.2, -0.15) is 5.26 Å². The molecule has 184 valence electrons. The largest absolute Gasteiger partial charge is 0.489 e. The van der Waals surface area contributed by atoms with E-state index in [-0.39, 0.29) is 15.8 Å². The predicted octanol–water partition coefficient (Wildman–Crippen LogP) is 4.22. The van der Waals surface area contributed by atoms with Crippen molar-refractivity contribution >= 4 is 34.6 Å². The number of amides is 1. The number of carbonyl (C=O) groups is 1. The standard InChI is InChI=1S/C30H25N3O3S/c1-4-16-36-26-15-8-6-12-22(26)18-27-29(35)33(25-14-7-5-11-21(25)3)30(37-27)24(19-31)28(34)32-23-13-9-10-20(2)17-23/h4-15,17-18H,1,16H2,2-3H3,(H,32,34)/b27-18+,30-24-. The number of aryl methyl sites for hydroxylation is 2. The second-order valence-corrected chi connectivity index (χ2v) is 9.32. The van der Waals surface area contributed by atoms with E-state index >= 15 is 0 Å². The summed E-state index contributed by atoms with van der Waals surface area (Å²) in [6, 6.07) is 24.0. The number of nitrogens with zero attached hydrogens (tertiary/aromatic N) is 2. The molecule has 1 aromatic heterocycles. The summed E-state index contributed by atoms with van der Waals surface area (Å²) in [5.41, 5.74) is 3.20. The lowest BCUT2D eigenvalue weighted by Crippen LogP contribution is -2.32. The van der Waals surface area contributed by atoms with Gasteiger partial charge in [-0.25, -0.2) is 0 Å². The molecule has 4 aromatic rings. The fourth-order valence-electron chi connectivity index (χ4n) is 3.82. The van der Waals surface area contributed by atoms with E-state index in [1.54, 1.807) is 24.3 Å². The molecule has 6 nitrogen and oxygen atoms in total. The van der Waals surface area contributed by atoms with Crippen LogP contribution >= 0.6 is 11.3 Å². The van der Waals surface area contributed by atoms with Crippen LogP contribution in [0.4, 0.5) is 5.69 Å². The fourth-order valence-corrected chi connectivity index (χ4v) is 4.90. The molecule has 0 saturated heterocycles. The van der Waals surface area contributed by atoms with Crippen molar-refractivity contribution in [2.75, 3.05) is 11.9 Å². The monoisotopic (exact) mass is 507 g/mol. The smallest absolute Gasteiger partial charge is 0.273 e. The summed E-state index contributed by atoms with van der Waals surface area (Å²) in [6.45, 7) is 7.80. The first-order valence-electron chi connectivity index (χ1n) is 11.6. The van der Waals surface area contributed by atoms with Crippen LogP contribution in [0.15, 0.2) is 90.2 Å². The first-order valence-corrected chi connectivity index (χ1v) is 12.4. The van der Waals surface area contributed by atoms with Gasteiger partial charge in [0.25, 0.3) is 11.5 Å². The number of benzene rings is 3. The predicted molar refractivity (Wildman–Crippen MR) is 148 cm³/mol. The Morgan fingerprint density at radius 1 is 1.11 bits per heavy atom. The van der Waals surface area contributed by atoms with Crippen LogP contribution in [0.2, 0.25) is 0 Å². The van der Waals surface area contributed by atoms with Crippen LogP contribution in [0.3, 0.4) is 0 Å². The van der Waals surface area contributed by atoms with Crippen molar-refractivity contribution < 1.29 is 9.53 Å². The van der Waals surface area contributed by atoms with Gasteiger partial charge in [0.1, 0.15) is 23.1 Å². The van der Waals surface area contributed by atoms with Gasteiger partial charge in [0, 0.05) is 11.3 Å². The molecule has 0 fully saturated rings. The van der Waals surface area contributed by atoms with Crippen molar-refractivity contribution in [2.24, 2.45) is 0 Å². The molecule has 1 N–H and O–H groups in total. The zero-order valence-electron chi connectivity index (χ0n) is 20.5. The highest BCUT2D eigenvalue weighted by Gasteiger charge is 2.18. The van der Waals surface area contributed by atoms with Crippen molar-refractivity contribution in [2.45, 2.75) is 13.8 Å². The maximum absolute atomic E-state index is 13.7. The molecule has 0 radical (unpaired) electrons. The van der Waals surface area contributed by atoms with Crippen LogP contribution in [0.25, 0.3) is 17.3 Å². The summed E-state index contributed by atoms with van der Waals surface area (Å²) in [4.78, 5) is 27.0. The highest BCUT2D eigenvalue weighted by atomic mass is 32.1. The molecular formula is C30H25N3O3S. The average molecular weight is 508 g/mol. The molecule has 0 saturated carbocycles. The Morgan fingerprint density at radius 3 is 2.59 bits per heavy atom. The molecule has 0 aliphatic rings. The van der Waals surface area contributed by atoms with Crippen LogP contribution in [0, 0.1) is 25.2 Å². The third kappa shape index (κ3) is 5.61. The molecule has 0 unspecified atom stereocenters. The summed E-state index contributed by atoms with van der Waals surface area (Å²) in [5, 5.41) is 12.8. The van der Waals surface area contributed by atoms with Crippen molar-refractivity contribution in [1.29, 1.82) is 5.26 Å². The zero-order chi connectivity index (χ0) is 26.4. The number of carbonyl (C=O) groups excluding carboxylic acids is 1. The number of nitriles is 1. The van der Waals surface area contributed by atoms with E-state index in [1.807, 2.05) is 80.6 Å². The number of hydrogen-bond acceptors (Lipinski definition) is 5. The van der Waals surface area contributed by atoms with Crippen LogP contribution in [0.5, 0.6) is 5.75 Å². The zero-order valence-corrected chi connectivity index (χ0v) is 21.3. The van der Waals surface area contributed by atoms with Crippen LogP contribution < -0.4 is 24.8 Å². The van der Waals surface area contributed by atoms with Gasteiger partial charge in [0.2, 0.25) is 0 Å². The van der Waals surface area contributed by atoms with E-state index in [4.69, 9.17) is 4.74 Å². The quantitative estimate of drug-likeness (QED) is 0.380. The van der Waals surface area contributed by atoms with Gasteiger partial charge in [-0.15, -0.1) is 11.3 Å². The Morgan fingerprint density at radius 2 is 1.86 bits per heavy atom. The number of aromatic nitrogens is 1. The summed E-state index contributed by atoms with van der Waals surface area (Å²) in [6.07, 6.45) is 3.36. The molecule has 0 aliphatic carbocycles. The van der Waals surface area contributed by atoms with Gasteiger partial charge in [0.05, 0.1) is 10.2 Å². The first-order chi connectivity index (χ1) is 17.9. The molecule has 4 rings (SSSR count). The highest BCUT2D eigenvalue weighted by molar-refractivity contribution is 7.07. The van der Waals surface area contributed by atoms with Crippen LogP contribution in [-0.4, -0.2) is 17.1 Å². The average Bonchev–Trinajstić information content (AvgIpc) is 3.19. The lowest BCUT2D eigenvalue weighted by atomic mass is 10.2. The fraction of sp³-hybridized carbons (Fsp3) is 0.100. The molecule has 0 atom stereocenters. The maximum atomic E-state index is 13.7. The first kappa shape index (κ1) is 25.4. The topological polar surface area (TPSA) is 84.1 Å². The van der Waals surface area contributed by atoms with Crippen LogP contribution in [0.1, 0.15) is 16.7 Å². The van der Waals surface area contributed by atoms with Crippen LogP contribution in [-0.2, 0) is 4.79 Å². The Hall–Kier alpha value is -4.67. The molecular weight excluding hydrogens is 482 g/mol. The molecule has 1 heterocycles. The number of hydrogen-bond donors (Lipinski definition) is 1. The van der Waals surface area contributed by atoms with E-state index in [9.17, 15) is 14.9 Å². The Bertz CT molecular complexity index is 1710. The van der Waals surface area contributed by atoms with E-state index in [0.29, 0.717) is 33.8 Å². The second kappa shape index (κ2) is 11.4. The number of thiazole rings is 1. The number of nitrogens with one attached hydrogen (secondary N) is 1. The molecule has 1 amide bonds. The Balaban J connectivity index is 1.98. The van der Waals surface area contributed by atoms with Gasteiger partial charge in [-0.05, 0) is 55.3 Å². The third-order valence-corrected chi connectivity index (χ3v) is 6.66. The minimum absolute atomic E-state index is 0.150. The minimum atomic E-state index is -0.585. The van der Waals surface area contributed by atoms with E-state index in [2.05, 4.69) is 11.9 Å². The molecule has 0 spiro atoms. The maximum Gasteiger partial charge on any atom is 0.273 e. The van der Waals surface area contributed by atoms with Crippen molar-refractivity contribution in [1.82, 2.24) is 4.57 Å². The van der Waals surface area contributed by atoms with E-state index in [1.165, 1.54) is 4.57 Å². The Kier molecular flexibility index (Phi) is 7.82. The second-order valence-electron chi connectivity index (χ2n) is 8.29. The normalized spacial score (nSPS) is 12.0. The third-order valence-electron chi connectivity index (χ3n) is 5.57. The minimum Gasteiger partial charge on any atom is -0.489 e. The SMILES string of the molecule is C=CCOc1ccccc1/C=c1/s/c(=C(/C#N)C(=O)Nc2cccc(C)c2)n(-c2ccccc2C)c1=O. The summed E-state index contributed by atoms with van der Waals surface area (Å²) in [5.74, 6) is 0.0128. The van der Waals surface area contributed by atoms with Gasteiger partial charge in [-0.3, -0.25) is 14.2 Å². The summed E-state index contributed by atoms with van der Waals surface area (Å²) in [7, 11) is 0. The molecule has 0 bridgehead atoms. The van der Waals surface area contributed by atoms with Gasteiger partial charge < -0.3 is 10.1 Å². The Labute approximate surface area is 218 Å². The van der Waals surface area contributed by atoms with Gasteiger partial charge in [-0.1, -0.05) is 61.2 Å². The molecule has 0 aliphatic heterocycles. The summed E-state index contributed by atoms with van der Waals surface area (Å²) >= 11 is 1.09.